The molecule has 1 aromatic heterocycles. The summed E-state index contributed by atoms with van der Waals surface area (Å²) in [4.78, 5) is 10.5. The smallest absolute Gasteiger partial charge is 0.335 e. The number of nitrogens with zero attached hydrogens (tertiary/aromatic N) is 1. The van der Waals surface area contributed by atoms with Crippen LogP contribution in [0.1, 0.15) is 10.4 Å². The van der Waals surface area contributed by atoms with Crippen molar-refractivity contribution in [2.45, 2.75) is 0 Å². The van der Waals surface area contributed by atoms with Crippen molar-refractivity contribution < 1.29 is 9.90 Å². The van der Waals surface area contributed by atoms with Crippen LogP contribution in [0.2, 0.25) is 0 Å². The maximum Gasteiger partial charge on any atom is 0.335 e. The van der Waals surface area contributed by atoms with E-state index in [4.69, 9.17) is 10.5 Å². The number of hydrogen-bond donors (Lipinski definition) is 2. The molecular weight excluding hydrogens is 283 g/mol. The van der Waals surface area contributed by atoms with Gasteiger partial charge in [-0.15, -0.1) is 0 Å². The predicted octanol–water partition coefficient (Wildman–Crippen LogP) is 1.53. The molecule has 0 aliphatic rings. The number of aromatic carboxylic acids is 1. The fraction of sp³-hybridized carbons (Fsp3) is 0. The summed E-state index contributed by atoms with van der Waals surface area (Å²) in [6, 6.07) is 2.72. The van der Waals surface area contributed by atoms with Gasteiger partial charge in [0.25, 0.3) is 0 Å². The number of aromatic nitrogens is 1. The molecule has 2 N–H and O–H groups in total. The lowest BCUT2D eigenvalue weighted by atomic mass is 10.3. The van der Waals surface area contributed by atoms with Crippen LogP contribution < -0.4 is 5.49 Å². The zero-order chi connectivity index (χ0) is 10.0. The molecule has 0 unspecified atom stereocenters. The van der Waals surface area contributed by atoms with Crippen molar-refractivity contribution in [1.82, 2.24) is 4.57 Å². The van der Waals surface area contributed by atoms with E-state index in [1.54, 1.807) is 0 Å². The molecule has 0 atom stereocenters. The Labute approximate surface area is 88.2 Å². The Balaban J connectivity index is 3.29. The van der Waals surface area contributed by atoms with Gasteiger partial charge in [0.1, 0.15) is 5.49 Å². The van der Waals surface area contributed by atoms with Gasteiger partial charge in [-0.2, -0.15) is 0 Å². The van der Waals surface area contributed by atoms with E-state index in [-0.39, 0.29) is 11.1 Å². The van der Waals surface area contributed by atoms with Gasteiger partial charge in [-0.05, 0) is 34.7 Å². The summed E-state index contributed by atoms with van der Waals surface area (Å²) >= 11 is 1.96. The molecule has 0 saturated carbocycles. The SMILES string of the molecule is C=C(I)n1ccc(C(=O)O)cc1=N. The van der Waals surface area contributed by atoms with E-state index >= 15 is 0 Å². The lowest BCUT2D eigenvalue weighted by Crippen LogP contribution is -2.17. The highest BCUT2D eigenvalue weighted by atomic mass is 127. The second kappa shape index (κ2) is 3.73. The number of carbonyl (C=O) groups is 1. The lowest BCUT2D eigenvalue weighted by molar-refractivity contribution is 0.0696. The van der Waals surface area contributed by atoms with Gasteiger partial charge in [0.2, 0.25) is 0 Å². The van der Waals surface area contributed by atoms with E-state index in [1.807, 2.05) is 22.6 Å². The molecule has 1 rings (SSSR count). The molecule has 0 spiro atoms. The molecule has 0 radical (unpaired) electrons. The van der Waals surface area contributed by atoms with Crippen molar-refractivity contribution in [2.24, 2.45) is 0 Å². The molecular formula is C8H7IN2O2. The molecule has 1 heterocycles. The number of nitrogens with one attached hydrogen (secondary N) is 1. The number of rotatable bonds is 2. The summed E-state index contributed by atoms with van der Waals surface area (Å²) < 4.78 is 2.15. The van der Waals surface area contributed by atoms with Crippen molar-refractivity contribution in [3.05, 3.63) is 36.0 Å². The summed E-state index contributed by atoms with van der Waals surface area (Å²) in [7, 11) is 0. The molecule has 0 aromatic carbocycles. The first-order chi connectivity index (χ1) is 6.02. The molecule has 13 heavy (non-hydrogen) atoms. The van der Waals surface area contributed by atoms with Crippen LogP contribution in [0.4, 0.5) is 0 Å². The van der Waals surface area contributed by atoms with Crippen LogP contribution in [0.15, 0.2) is 24.9 Å². The van der Waals surface area contributed by atoms with Crippen LogP contribution in [0.5, 0.6) is 0 Å². The lowest BCUT2D eigenvalue weighted by Gasteiger charge is -2.03. The maximum atomic E-state index is 10.5. The van der Waals surface area contributed by atoms with Crippen LogP contribution in [-0.2, 0) is 0 Å². The van der Waals surface area contributed by atoms with E-state index in [0.717, 1.165) is 0 Å². The van der Waals surface area contributed by atoms with Crippen molar-refractivity contribution in [3.8, 4) is 0 Å². The van der Waals surface area contributed by atoms with Crippen molar-refractivity contribution in [3.63, 3.8) is 0 Å². The van der Waals surface area contributed by atoms with Gasteiger partial charge < -0.3 is 5.11 Å². The van der Waals surface area contributed by atoms with E-state index in [1.165, 1.54) is 22.9 Å². The number of carboxylic acids is 1. The molecule has 5 heteroatoms. The molecule has 0 amide bonds. The second-order valence-electron chi connectivity index (χ2n) is 2.35. The normalized spacial score (nSPS) is 9.62. The molecule has 0 saturated heterocycles. The summed E-state index contributed by atoms with van der Waals surface area (Å²) in [6.07, 6.45) is 1.51. The van der Waals surface area contributed by atoms with Crippen molar-refractivity contribution in [1.29, 1.82) is 5.41 Å². The van der Waals surface area contributed by atoms with Crippen LogP contribution in [0, 0.1) is 5.41 Å². The summed E-state index contributed by atoms with van der Waals surface area (Å²) in [5.74, 6) is -1.03. The first kappa shape index (κ1) is 9.97. The van der Waals surface area contributed by atoms with Gasteiger partial charge in [-0.1, -0.05) is 6.58 Å². The van der Waals surface area contributed by atoms with E-state index in [0.29, 0.717) is 3.70 Å². The topological polar surface area (TPSA) is 66.1 Å². The zero-order valence-corrected chi connectivity index (χ0v) is 8.78. The molecule has 4 nitrogen and oxygen atoms in total. The molecule has 0 aliphatic heterocycles. The van der Waals surface area contributed by atoms with Gasteiger partial charge in [0.05, 0.1) is 9.27 Å². The Morgan fingerprint density at radius 2 is 2.31 bits per heavy atom. The first-order valence-electron chi connectivity index (χ1n) is 3.38. The minimum absolute atomic E-state index is 0.110. The number of halogens is 1. The molecule has 0 aliphatic carbocycles. The molecule has 1 aromatic rings. The van der Waals surface area contributed by atoms with Gasteiger partial charge >= 0.3 is 5.97 Å². The number of hydrogen-bond acceptors (Lipinski definition) is 2. The fourth-order valence-corrected chi connectivity index (χ4v) is 1.27. The Kier molecular flexibility index (Phi) is 2.86. The first-order valence-corrected chi connectivity index (χ1v) is 4.45. The van der Waals surface area contributed by atoms with Gasteiger partial charge in [-0.25, -0.2) is 4.79 Å². The van der Waals surface area contributed by atoms with Crippen molar-refractivity contribution >= 4 is 32.3 Å². The average molecular weight is 290 g/mol. The van der Waals surface area contributed by atoms with Crippen LogP contribution >= 0.6 is 22.6 Å². The number of carboxylic acid groups (broad SMARTS) is 1. The van der Waals surface area contributed by atoms with E-state index < -0.39 is 5.97 Å². The van der Waals surface area contributed by atoms with Crippen molar-refractivity contribution in [2.75, 3.05) is 0 Å². The Hall–Kier alpha value is -1.11. The monoisotopic (exact) mass is 290 g/mol. The molecule has 68 valence electrons. The average Bonchev–Trinajstić information content (AvgIpc) is 2.03. The summed E-state index contributed by atoms with van der Waals surface area (Å²) in [6.45, 7) is 3.64. The highest BCUT2D eigenvalue weighted by Crippen LogP contribution is 2.07. The van der Waals surface area contributed by atoms with Gasteiger partial charge in [0.15, 0.2) is 0 Å². The van der Waals surface area contributed by atoms with Gasteiger partial charge in [-0.3, -0.25) is 9.98 Å². The Morgan fingerprint density at radius 3 is 2.69 bits per heavy atom. The van der Waals surface area contributed by atoms with Crippen LogP contribution in [0.3, 0.4) is 0 Å². The minimum atomic E-state index is -1.03. The zero-order valence-electron chi connectivity index (χ0n) is 6.62. The second-order valence-corrected chi connectivity index (χ2v) is 3.60. The minimum Gasteiger partial charge on any atom is -0.478 e. The third-order valence-corrected chi connectivity index (χ3v) is 1.98. The third kappa shape index (κ3) is 2.18. The fourth-order valence-electron chi connectivity index (χ4n) is 0.845. The maximum absolute atomic E-state index is 10.5. The largest absolute Gasteiger partial charge is 0.478 e. The predicted molar refractivity (Wildman–Crippen MR) is 56.6 cm³/mol. The Bertz CT molecular complexity index is 422. The summed E-state index contributed by atoms with van der Waals surface area (Å²) in [5.41, 5.74) is 0.221. The van der Waals surface area contributed by atoms with Gasteiger partial charge in [0, 0.05) is 6.20 Å². The molecule has 0 bridgehead atoms. The standard InChI is InChI=1S/C8H7IN2O2/c1-5(9)11-3-2-6(8(12)13)4-7(11)10/h2-4,10H,1H2,(H,12,13). The highest BCUT2D eigenvalue weighted by molar-refractivity contribution is 14.1. The quantitative estimate of drug-likeness (QED) is 0.811. The Morgan fingerprint density at radius 1 is 1.69 bits per heavy atom. The third-order valence-electron chi connectivity index (χ3n) is 1.46. The van der Waals surface area contributed by atoms with Crippen LogP contribution in [0.25, 0.3) is 3.70 Å². The number of pyridine rings is 1. The highest BCUT2D eigenvalue weighted by Gasteiger charge is 2.03. The molecule has 0 fully saturated rings. The van der Waals surface area contributed by atoms with E-state index in [9.17, 15) is 4.79 Å². The van der Waals surface area contributed by atoms with E-state index in [2.05, 4.69) is 6.58 Å². The van der Waals surface area contributed by atoms with Crippen LogP contribution in [-0.4, -0.2) is 15.6 Å². The summed E-state index contributed by atoms with van der Waals surface area (Å²) in [5, 5.41) is 16.1.